The average molecular weight is 306 g/mol. The Morgan fingerprint density at radius 3 is 2.88 bits per heavy atom. The Hall–Kier alpha value is -1.07. The quantitative estimate of drug-likeness (QED) is 0.866. The Morgan fingerprint density at radius 2 is 2.25 bits per heavy atom. The van der Waals surface area contributed by atoms with Crippen LogP contribution < -0.4 is 4.74 Å². The molecule has 2 rings (SSSR count). The Morgan fingerprint density at radius 1 is 1.56 bits per heavy atom. The lowest BCUT2D eigenvalue weighted by molar-refractivity contribution is -0.145. The molecule has 1 aliphatic heterocycles. The molecule has 16 heavy (non-hydrogen) atoms. The topological polar surface area (TPSA) is 63.6 Å². The van der Waals surface area contributed by atoms with Crippen molar-refractivity contribution >= 4 is 39.3 Å². The van der Waals surface area contributed by atoms with Crippen LogP contribution in [0.2, 0.25) is 5.02 Å². The molecular weight excluding hydrogens is 299 g/mol. The number of fused-ring (bicyclic) bond motifs is 1. The van der Waals surface area contributed by atoms with Gasteiger partial charge in [-0.25, -0.2) is 4.79 Å². The molecule has 0 aliphatic carbocycles. The highest BCUT2D eigenvalue weighted by Gasteiger charge is 2.31. The van der Waals surface area contributed by atoms with Crippen LogP contribution >= 0.6 is 27.5 Å². The average Bonchev–Trinajstić information content (AvgIpc) is 2.20. The molecule has 84 valence electrons. The van der Waals surface area contributed by atoms with Crippen molar-refractivity contribution in [3.8, 4) is 5.75 Å². The SMILES string of the molecule is O=C1CC(C(=O)O)Oc2cc(Br)c(Cl)cc21. The van der Waals surface area contributed by atoms with Crippen LogP contribution in [0.3, 0.4) is 0 Å². The normalized spacial score (nSPS) is 18.9. The van der Waals surface area contributed by atoms with Gasteiger partial charge >= 0.3 is 5.97 Å². The lowest BCUT2D eigenvalue weighted by Gasteiger charge is -2.22. The second kappa shape index (κ2) is 4.07. The molecule has 1 heterocycles. The van der Waals surface area contributed by atoms with Gasteiger partial charge in [0.15, 0.2) is 5.78 Å². The number of ether oxygens (including phenoxy) is 1. The third-order valence-electron chi connectivity index (χ3n) is 2.24. The Kier molecular flexibility index (Phi) is 2.90. The summed E-state index contributed by atoms with van der Waals surface area (Å²) >= 11 is 9.02. The van der Waals surface area contributed by atoms with Crippen molar-refractivity contribution in [3.05, 3.63) is 27.2 Å². The van der Waals surface area contributed by atoms with Crippen LogP contribution in [-0.4, -0.2) is 23.0 Å². The Labute approximate surface area is 104 Å². The van der Waals surface area contributed by atoms with Crippen molar-refractivity contribution in [1.82, 2.24) is 0 Å². The van der Waals surface area contributed by atoms with E-state index < -0.39 is 12.1 Å². The molecule has 1 aliphatic rings. The summed E-state index contributed by atoms with van der Waals surface area (Å²) in [5, 5.41) is 9.18. The van der Waals surface area contributed by atoms with E-state index in [0.29, 0.717) is 15.1 Å². The number of hydrogen-bond donors (Lipinski definition) is 1. The van der Waals surface area contributed by atoms with E-state index in [2.05, 4.69) is 15.9 Å². The third-order valence-corrected chi connectivity index (χ3v) is 3.44. The molecule has 6 heteroatoms. The van der Waals surface area contributed by atoms with Crippen LogP contribution in [0.1, 0.15) is 16.8 Å². The molecule has 0 bridgehead atoms. The number of aliphatic carboxylic acids is 1. The summed E-state index contributed by atoms with van der Waals surface area (Å²) in [5.74, 6) is -1.17. The number of carboxylic acid groups (broad SMARTS) is 1. The van der Waals surface area contributed by atoms with Gasteiger partial charge in [-0.15, -0.1) is 0 Å². The predicted octanol–water partition coefficient (Wildman–Crippen LogP) is 2.52. The first-order chi connectivity index (χ1) is 7.49. The fourth-order valence-corrected chi connectivity index (χ4v) is 1.94. The molecule has 0 saturated heterocycles. The molecule has 1 atom stereocenters. The van der Waals surface area contributed by atoms with E-state index in [1.54, 1.807) is 0 Å². The lowest BCUT2D eigenvalue weighted by Crippen LogP contribution is -2.33. The van der Waals surface area contributed by atoms with Crippen LogP contribution in [0.5, 0.6) is 5.75 Å². The van der Waals surface area contributed by atoms with E-state index in [-0.39, 0.29) is 18.0 Å². The number of rotatable bonds is 1. The Bertz CT molecular complexity index is 486. The number of carbonyl (C=O) groups excluding carboxylic acids is 1. The van der Waals surface area contributed by atoms with E-state index in [0.717, 1.165) is 0 Å². The molecule has 0 amide bonds. The fraction of sp³-hybridized carbons (Fsp3) is 0.200. The highest BCUT2D eigenvalue weighted by Crippen LogP contribution is 2.35. The minimum absolute atomic E-state index is 0.166. The van der Waals surface area contributed by atoms with Crippen LogP contribution in [0, 0.1) is 0 Å². The zero-order chi connectivity index (χ0) is 11.9. The van der Waals surface area contributed by atoms with Gasteiger partial charge in [0.25, 0.3) is 0 Å². The van der Waals surface area contributed by atoms with Gasteiger partial charge < -0.3 is 9.84 Å². The number of Topliss-reactive ketones (excluding diaryl/α,β-unsaturated/α-hetero) is 1. The molecule has 1 N–H and O–H groups in total. The predicted molar refractivity (Wildman–Crippen MR) is 60.2 cm³/mol. The molecule has 4 nitrogen and oxygen atoms in total. The van der Waals surface area contributed by atoms with Crippen molar-refractivity contribution in [2.45, 2.75) is 12.5 Å². The fourth-order valence-electron chi connectivity index (χ4n) is 1.45. The first kappa shape index (κ1) is 11.4. The molecule has 0 fully saturated rings. The molecule has 0 radical (unpaired) electrons. The lowest BCUT2D eigenvalue weighted by atomic mass is 10.0. The van der Waals surface area contributed by atoms with Crippen molar-refractivity contribution in [3.63, 3.8) is 0 Å². The van der Waals surface area contributed by atoms with Gasteiger partial charge in [0.1, 0.15) is 5.75 Å². The van der Waals surface area contributed by atoms with Crippen molar-refractivity contribution in [2.75, 3.05) is 0 Å². The smallest absolute Gasteiger partial charge is 0.345 e. The second-order valence-electron chi connectivity index (χ2n) is 3.33. The highest BCUT2D eigenvalue weighted by atomic mass is 79.9. The standard InChI is InChI=1S/C10H6BrClO4/c11-5-2-8-4(1-6(5)12)7(13)3-9(16-8)10(14)15/h1-2,9H,3H2,(H,14,15). The highest BCUT2D eigenvalue weighted by molar-refractivity contribution is 9.10. The maximum atomic E-state index is 11.6. The van der Waals surface area contributed by atoms with Crippen molar-refractivity contribution < 1.29 is 19.4 Å². The number of benzene rings is 1. The molecule has 0 saturated carbocycles. The summed E-state index contributed by atoms with van der Waals surface area (Å²) in [6.45, 7) is 0. The van der Waals surface area contributed by atoms with E-state index in [1.165, 1.54) is 12.1 Å². The first-order valence-electron chi connectivity index (χ1n) is 4.40. The maximum Gasteiger partial charge on any atom is 0.345 e. The molecular formula is C10H6BrClO4. The molecule has 0 spiro atoms. The maximum absolute atomic E-state index is 11.6. The third kappa shape index (κ3) is 1.92. The van der Waals surface area contributed by atoms with Gasteiger partial charge in [-0.05, 0) is 28.1 Å². The van der Waals surface area contributed by atoms with E-state index in [1.807, 2.05) is 0 Å². The van der Waals surface area contributed by atoms with Gasteiger partial charge in [0.2, 0.25) is 6.10 Å². The Balaban J connectivity index is 2.46. The summed E-state index contributed by atoms with van der Waals surface area (Å²) in [5.41, 5.74) is 0.325. The summed E-state index contributed by atoms with van der Waals surface area (Å²) in [6, 6.07) is 2.98. The first-order valence-corrected chi connectivity index (χ1v) is 5.58. The number of carbonyl (C=O) groups is 2. The minimum Gasteiger partial charge on any atom is -0.478 e. The van der Waals surface area contributed by atoms with E-state index >= 15 is 0 Å². The molecule has 1 aromatic carbocycles. The minimum atomic E-state index is -1.15. The molecule has 1 unspecified atom stereocenters. The second-order valence-corrected chi connectivity index (χ2v) is 4.60. The van der Waals surface area contributed by atoms with Crippen LogP contribution in [-0.2, 0) is 4.79 Å². The van der Waals surface area contributed by atoms with Crippen LogP contribution in [0.25, 0.3) is 0 Å². The monoisotopic (exact) mass is 304 g/mol. The van der Waals surface area contributed by atoms with Gasteiger partial charge in [0, 0.05) is 4.47 Å². The van der Waals surface area contributed by atoms with E-state index in [4.69, 9.17) is 21.4 Å². The largest absolute Gasteiger partial charge is 0.478 e. The summed E-state index contributed by atoms with van der Waals surface area (Å²) < 4.78 is 5.75. The van der Waals surface area contributed by atoms with Gasteiger partial charge in [0.05, 0.1) is 17.0 Å². The summed E-state index contributed by atoms with van der Waals surface area (Å²) in [4.78, 5) is 22.4. The summed E-state index contributed by atoms with van der Waals surface area (Å²) in [6.07, 6.45) is -1.28. The molecule has 1 aromatic rings. The van der Waals surface area contributed by atoms with Gasteiger partial charge in [-0.2, -0.15) is 0 Å². The summed E-state index contributed by atoms with van der Waals surface area (Å²) in [7, 11) is 0. The zero-order valence-electron chi connectivity index (χ0n) is 7.87. The van der Waals surface area contributed by atoms with E-state index in [9.17, 15) is 9.59 Å². The molecule has 0 aromatic heterocycles. The van der Waals surface area contributed by atoms with Crippen LogP contribution in [0.15, 0.2) is 16.6 Å². The number of carboxylic acids is 1. The zero-order valence-corrected chi connectivity index (χ0v) is 10.2. The van der Waals surface area contributed by atoms with Gasteiger partial charge in [-0.3, -0.25) is 4.79 Å². The van der Waals surface area contributed by atoms with Gasteiger partial charge in [-0.1, -0.05) is 11.6 Å². The van der Waals surface area contributed by atoms with Crippen molar-refractivity contribution in [2.24, 2.45) is 0 Å². The number of hydrogen-bond acceptors (Lipinski definition) is 3. The van der Waals surface area contributed by atoms with Crippen molar-refractivity contribution in [1.29, 1.82) is 0 Å². The number of halogens is 2. The van der Waals surface area contributed by atoms with Crippen LogP contribution in [0.4, 0.5) is 0 Å². The number of ketones is 1.